The quantitative estimate of drug-likeness (QED) is 0.118. The van der Waals surface area contributed by atoms with Crippen LogP contribution in [0.15, 0.2) is 84.0 Å². The van der Waals surface area contributed by atoms with Crippen LogP contribution in [0.5, 0.6) is 11.5 Å². The number of phenols is 1. The summed E-state index contributed by atoms with van der Waals surface area (Å²) in [4.78, 5) is 12.3. The van der Waals surface area contributed by atoms with E-state index >= 15 is 0 Å². The molecule has 0 fully saturated rings. The number of nitrogens with zero attached hydrogens (tertiary/aromatic N) is 1. The molecule has 4 aromatic rings. The van der Waals surface area contributed by atoms with Crippen molar-refractivity contribution < 1.29 is 14.6 Å². The second kappa shape index (κ2) is 11.4. The number of benzene rings is 4. The minimum Gasteiger partial charge on any atom is -0.506 e. The van der Waals surface area contributed by atoms with E-state index in [0.717, 1.165) is 39.9 Å². The average molecular weight is 489 g/mol. The van der Waals surface area contributed by atoms with Gasteiger partial charge in [-0.25, -0.2) is 5.43 Å². The van der Waals surface area contributed by atoms with Gasteiger partial charge in [-0.15, -0.1) is 0 Å². The Balaban J connectivity index is 1.36. The Labute approximate surface area is 208 Å². The molecule has 0 bridgehead atoms. The molecule has 35 heavy (non-hydrogen) atoms. The lowest BCUT2D eigenvalue weighted by molar-refractivity contribution is 0.0955. The SMILES string of the molecule is Nc1ccc(CNCCOc2ccc(/C=N/NC(=O)c3ccc(O)c(Cl)c3)c3ccccc23)cc1. The highest BCUT2D eigenvalue weighted by molar-refractivity contribution is 6.32. The number of nitrogen functional groups attached to an aromatic ring is 1. The highest BCUT2D eigenvalue weighted by Gasteiger charge is 2.08. The van der Waals surface area contributed by atoms with Crippen LogP contribution >= 0.6 is 11.6 Å². The Kier molecular flexibility index (Phi) is 7.82. The molecule has 0 spiro atoms. The van der Waals surface area contributed by atoms with E-state index in [1.807, 2.05) is 60.7 Å². The van der Waals surface area contributed by atoms with Gasteiger partial charge in [0.05, 0.1) is 11.2 Å². The molecule has 0 atom stereocenters. The van der Waals surface area contributed by atoms with Crippen molar-refractivity contribution in [2.45, 2.75) is 6.54 Å². The van der Waals surface area contributed by atoms with Gasteiger partial charge in [0.25, 0.3) is 5.91 Å². The van der Waals surface area contributed by atoms with Crippen LogP contribution in [0.1, 0.15) is 21.5 Å². The Morgan fingerprint density at radius 2 is 1.80 bits per heavy atom. The van der Waals surface area contributed by atoms with Crippen LogP contribution in [0.2, 0.25) is 5.02 Å². The van der Waals surface area contributed by atoms with E-state index < -0.39 is 5.91 Å². The molecular weight excluding hydrogens is 464 g/mol. The summed E-state index contributed by atoms with van der Waals surface area (Å²) >= 11 is 5.87. The largest absolute Gasteiger partial charge is 0.506 e. The highest BCUT2D eigenvalue weighted by atomic mass is 35.5. The summed E-state index contributed by atoms with van der Waals surface area (Å²) in [6, 6.07) is 23.6. The molecule has 4 rings (SSSR count). The minimum absolute atomic E-state index is 0.0851. The normalized spacial score (nSPS) is 11.1. The first-order valence-corrected chi connectivity index (χ1v) is 11.4. The van der Waals surface area contributed by atoms with Crippen LogP contribution in [-0.4, -0.2) is 30.4 Å². The molecule has 5 N–H and O–H groups in total. The number of carbonyl (C=O) groups is 1. The molecule has 0 aliphatic rings. The zero-order valence-electron chi connectivity index (χ0n) is 18.9. The van der Waals surface area contributed by atoms with Gasteiger partial charge < -0.3 is 20.9 Å². The molecule has 0 aliphatic heterocycles. The number of aromatic hydroxyl groups is 1. The number of anilines is 1. The van der Waals surface area contributed by atoms with Crippen LogP contribution < -0.4 is 21.2 Å². The van der Waals surface area contributed by atoms with Crippen molar-refractivity contribution in [1.82, 2.24) is 10.7 Å². The number of hydrogen-bond donors (Lipinski definition) is 4. The van der Waals surface area contributed by atoms with Crippen molar-refractivity contribution >= 4 is 40.2 Å². The molecule has 0 saturated carbocycles. The molecule has 7 nitrogen and oxygen atoms in total. The first-order valence-electron chi connectivity index (χ1n) is 11.0. The maximum atomic E-state index is 12.3. The van der Waals surface area contributed by atoms with E-state index in [9.17, 15) is 9.90 Å². The van der Waals surface area contributed by atoms with E-state index in [0.29, 0.717) is 18.7 Å². The summed E-state index contributed by atoms with van der Waals surface area (Å²) in [5.74, 6) is 0.256. The Morgan fingerprint density at radius 1 is 1.03 bits per heavy atom. The number of carbonyl (C=O) groups excluding carboxylic acids is 1. The zero-order chi connectivity index (χ0) is 24.6. The summed E-state index contributed by atoms with van der Waals surface area (Å²) in [6.45, 7) is 1.94. The molecule has 8 heteroatoms. The summed E-state index contributed by atoms with van der Waals surface area (Å²) in [7, 11) is 0. The second-order valence-corrected chi connectivity index (χ2v) is 8.24. The number of rotatable bonds is 9. The number of phenolic OH excluding ortho intramolecular Hbond substituents is 1. The minimum atomic E-state index is -0.432. The molecule has 0 aliphatic carbocycles. The van der Waals surface area contributed by atoms with Crippen LogP contribution in [0.25, 0.3) is 10.8 Å². The number of fused-ring (bicyclic) bond motifs is 1. The maximum absolute atomic E-state index is 12.3. The first kappa shape index (κ1) is 24.1. The van der Waals surface area contributed by atoms with Gasteiger partial charge in [-0.2, -0.15) is 5.10 Å². The van der Waals surface area contributed by atoms with Crippen molar-refractivity contribution in [2.24, 2.45) is 5.10 Å². The topological polar surface area (TPSA) is 109 Å². The van der Waals surface area contributed by atoms with Gasteiger partial charge >= 0.3 is 0 Å². The van der Waals surface area contributed by atoms with Crippen LogP contribution in [-0.2, 0) is 6.54 Å². The number of hydrogen-bond acceptors (Lipinski definition) is 6. The lowest BCUT2D eigenvalue weighted by atomic mass is 10.0. The number of ether oxygens (including phenoxy) is 1. The molecule has 178 valence electrons. The molecular formula is C27H25ClN4O3. The van der Waals surface area contributed by atoms with Gasteiger partial charge in [-0.1, -0.05) is 48.0 Å². The third-order valence-electron chi connectivity index (χ3n) is 5.34. The fourth-order valence-electron chi connectivity index (χ4n) is 3.51. The number of hydrazone groups is 1. The molecule has 0 aromatic heterocycles. The van der Waals surface area contributed by atoms with Gasteiger partial charge in [-0.05, 0) is 53.4 Å². The highest BCUT2D eigenvalue weighted by Crippen LogP contribution is 2.28. The van der Waals surface area contributed by atoms with Crippen molar-refractivity contribution in [3.63, 3.8) is 0 Å². The lowest BCUT2D eigenvalue weighted by Crippen LogP contribution is -2.20. The molecule has 4 aromatic carbocycles. The van der Waals surface area contributed by atoms with Gasteiger partial charge in [0.2, 0.25) is 0 Å². The van der Waals surface area contributed by atoms with Crippen molar-refractivity contribution in [3.8, 4) is 11.5 Å². The van der Waals surface area contributed by atoms with Gasteiger partial charge in [-0.3, -0.25) is 4.79 Å². The fraction of sp³-hybridized carbons (Fsp3) is 0.111. The fourth-order valence-corrected chi connectivity index (χ4v) is 3.69. The van der Waals surface area contributed by atoms with Gasteiger partial charge in [0, 0.05) is 35.3 Å². The van der Waals surface area contributed by atoms with E-state index in [2.05, 4.69) is 15.8 Å². The van der Waals surface area contributed by atoms with Gasteiger partial charge in [0.1, 0.15) is 18.1 Å². The Bertz CT molecular complexity index is 1360. The standard InChI is InChI=1S/C27H25ClN4O3/c28-24-15-19(7-11-25(24)33)27(34)32-31-17-20-8-12-26(23-4-2-1-3-22(20)23)35-14-13-30-16-18-5-9-21(29)10-6-18/h1-12,15,17,30,33H,13-14,16,29H2,(H,32,34)/b31-17+. The second-order valence-electron chi connectivity index (χ2n) is 7.83. The Hall–Kier alpha value is -4.07. The number of halogens is 1. The average Bonchev–Trinajstić information content (AvgIpc) is 2.87. The van der Waals surface area contributed by atoms with Crippen LogP contribution in [0.4, 0.5) is 5.69 Å². The van der Waals surface area contributed by atoms with Crippen molar-refractivity contribution in [1.29, 1.82) is 0 Å². The molecule has 0 radical (unpaired) electrons. The van der Waals surface area contributed by atoms with Crippen LogP contribution in [0, 0.1) is 0 Å². The number of amides is 1. The molecule has 0 saturated heterocycles. The molecule has 0 heterocycles. The summed E-state index contributed by atoms with van der Waals surface area (Å²) in [5, 5.41) is 18.9. The summed E-state index contributed by atoms with van der Waals surface area (Å²) < 4.78 is 6.02. The third kappa shape index (κ3) is 6.29. The number of nitrogens with one attached hydrogen (secondary N) is 2. The third-order valence-corrected chi connectivity index (χ3v) is 5.65. The zero-order valence-corrected chi connectivity index (χ0v) is 19.6. The summed E-state index contributed by atoms with van der Waals surface area (Å²) in [6.07, 6.45) is 1.58. The van der Waals surface area contributed by atoms with E-state index in [1.54, 1.807) is 6.21 Å². The van der Waals surface area contributed by atoms with E-state index in [4.69, 9.17) is 22.1 Å². The van der Waals surface area contributed by atoms with Crippen molar-refractivity contribution in [2.75, 3.05) is 18.9 Å². The monoisotopic (exact) mass is 488 g/mol. The lowest BCUT2D eigenvalue weighted by Gasteiger charge is -2.12. The number of nitrogens with two attached hydrogens (primary N) is 1. The molecule has 1 amide bonds. The predicted molar refractivity (Wildman–Crippen MR) is 140 cm³/mol. The smallest absolute Gasteiger partial charge is 0.271 e. The maximum Gasteiger partial charge on any atom is 0.271 e. The van der Waals surface area contributed by atoms with Crippen LogP contribution in [0.3, 0.4) is 0 Å². The predicted octanol–water partition coefficient (Wildman–Crippen LogP) is 4.71. The van der Waals surface area contributed by atoms with Crippen molar-refractivity contribution in [3.05, 3.63) is 101 Å². The van der Waals surface area contributed by atoms with E-state index in [1.165, 1.54) is 18.2 Å². The summed E-state index contributed by atoms with van der Waals surface area (Å²) in [5.41, 5.74) is 11.2. The van der Waals surface area contributed by atoms with Gasteiger partial charge in [0.15, 0.2) is 0 Å². The first-order chi connectivity index (χ1) is 17.0. The Morgan fingerprint density at radius 3 is 2.57 bits per heavy atom. The molecule has 0 unspecified atom stereocenters. The van der Waals surface area contributed by atoms with E-state index in [-0.39, 0.29) is 10.8 Å².